The molecule has 0 fully saturated rings. The molecule has 0 aliphatic carbocycles. The second kappa shape index (κ2) is 10.1. The minimum atomic E-state index is -3.81. The number of rotatable bonds is 8. The number of sulfone groups is 2. The fourth-order valence-corrected chi connectivity index (χ4v) is 6.84. The predicted molar refractivity (Wildman–Crippen MR) is 144 cm³/mol. The zero-order valence-electron chi connectivity index (χ0n) is 20.9. The second-order valence-corrected chi connectivity index (χ2v) is 14.2. The highest BCUT2D eigenvalue weighted by Crippen LogP contribution is 2.30. The Balaban J connectivity index is 1.53. The Bertz CT molecular complexity index is 1620. The number of hydrogen-bond donors (Lipinski definition) is 0. The van der Waals surface area contributed by atoms with E-state index in [-0.39, 0.29) is 26.9 Å². The molecule has 190 valence electrons. The largest absolute Gasteiger partial charge is 0.289 e. The van der Waals surface area contributed by atoms with Gasteiger partial charge in [-0.2, -0.15) is 0 Å². The Kier molecular flexibility index (Phi) is 7.22. The van der Waals surface area contributed by atoms with Gasteiger partial charge in [0.2, 0.25) is 9.84 Å². The van der Waals surface area contributed by atoms with Crippen LogP contribution in [0.25, 0.3) is 0 Å². The van der Waals surface area contributed by atoms with Gasteiger partial charge in [0.05, 0.1) is 19.4 Å². The number of aryl methyl sites for hydroxylation is 1. The molecule has 7 heteroatoms. The summed E-state index contributed by atoms with van der Waals surface area (Å²) in [6.45, 7) is 5.24. The third kappa shape index (κ3) is 5.43. The minimum absolute atomic E-state index is 0.0761. The van der Waals surface area contributed by atoms with Gasteiger partial charge >= 0.3 is 0 Å². The SMILES string of the molecule is Cc1ccc(S(=O)(=O)C(C)(C)Cc2ccc(S(=O)(=O)c3ccc(C(=O)c4ccccc4)cc3)cc2)cc1. The first-order chi connectivity index (χ1) is 17.4. The maximum absolute atomic E-state index is 13.2. The highest BCUT2D eigenvalue weighted by Gasteiger charge is 2.36. The quantitative estimate of drug-likeness (QED) is 0.266. The van der Waals surface area contributed by atoms with Gasteiger partial charge in [0.15, 0.2) is 15.6 Å². The summed E-state index contributed by atoms with van der Waals surface area (Å²) < 4.78 is 51.7. The Hall–Kier alpha value is -3.55. The van der Waals surface area contributed by atoms with Crippen molar-refractivity contribution in [1.82, 2.24) is 0 Å². The zero-order valence-corrected chi connectivity index (χ0v) is 22.5. The first-order valence-electron chi connectivity index (χ1n) is 11.8. The van der Waals surface area contributed by atoms with Crippen molar-refractivity contribution in [1.29, 1.82) is 0 Å². The van der Waals surface area contributed by atoms with Crippen molar-refractivity contribution in [3.05, 3.63) is 125 Å². The fourth-order valence-electron chi connectivity index (χ4n) is 4.09. The molecule has 0 saturated heterocycles. The van der Waals surface area contributed by atoms with E-state index in [0.29, 0.717) is 16.7 Å². The standard InChI is InChI=1S/C30H28O5S2/c1-22-9-15-28(16-10-22)37(34,35)30(2,3)21-23-11-17-26(18-12-23)36(32,33)27-19-13-25(14-20-27)29(31)24-7-5-4-6-8-24/h4-20H,21H2,1-3H3. The Morgan fingerprint density at radius 2 is 1.08 bits per heavy atom. The summed E-state index contributed by atoms with van der Waals surface area (Å²) in [6.07, 6.45) is 0.222. The van der Waals surface area contributed by atoms with Crippen molar-refractivity contribution in [2.45, 2.75) is 46.6 Å². The second-order valence-electron chi connectivity index (χ2n) is 9.62. The zero-order chi connectivity index (χ0) is 26.8. The van der Waals surface area contributed by atoms with Crippen LogP contribution in [0.2, 0.25) is 0 Å². The summed E-state index contributed by atoms with van der Waals surface area (Å²) in [6, 6.07) is 27.7. The molecule has 0 aromatic heterocycles. The van der Waals surface area contributed by atoms with Gasteiger partial charge < -0.3 is 0 Å². The molecule has 0 unspecified atom stereocenters. The van der Waals surface area contributed by atoms with Gasteiger partial charge in [-0.1, -0.05) is 60.2 Å². The van der Waals surface area contributed by atoms with Crippen LogP contribution >= 0.6 is 0 Å². The molecule has 4 aromatic rings. The van der Waals surface area contributed by atoms with Gasteiger partial charge in [-0.05, 0) is 81.3 Å². The lowest BCUT2D eigenvalue weighted by Gasteiger charge is -2.25. The third-order valence-corrected chi connectivity index (χ3v) is 10.7. The summed E-state index contributed by atoms with van der Waals surface area (Å²) in [4.78, 5) is 13.0. The molecule has 0 heterocycles. The molecule has 0 amide bonds. The lowest BCUT2D eigenvalue weighted by atomic mass is 10.0. The van der Waals surface area contributed by atoms with E-state index in [1.54, 1.807) is 74.5 Å². The maximum atomic E-state index is 13.2. The number of carbonyl (C=O) groups excluding carboxylic acids is 1. The summed E-state index contributed by atoms with van der Waals surface area (Å²) in [5, 5.41) is 0. The van der Waals surface area contributed by atoms with Crippen molar-refractivity contribution in [3.8, 4) is 0 Å². The van der Waals surface area contributed by atoms with Crippen molar-refractivity contribution in [2.24, 2.45) is 0 Å². The van der Waals surface area contributed by atoms with Crippen LogP contribution in [0, 0.1) is 6.92 Å². The first kappa shape index (κ1) is 26.5. The lowest BCUT2D eigenvalue weighted by Crippen LogP contribution is -2.34. The molecule has 0 aliphatic heterocycles. The van der Waals surface area contributed by atoms with Crippen LogP contribution in [0.5, 0.6) is 0 Å². The van der Waals surface area contributed by atoms with Crippen LogP contribution in [0.15, 0.2) is 118 Å². The smallest absolute Gasteiger partial charge is 0.206 e. The maximum Gasteiger partial charge on any atom is 0.206 e. The topological polar surface area (TPSA) is 85.3 Å². The van der Waals surface area contributed by atoms with Crippen molar-refractivity contribution < 1.29 is 21.6 Å². The van der Waals surface area contributed by atoms with Gasteiger partial charge in [0.1, 0.15) is 0 Å². The van der Waals surface area contributed by atoms with Crippen molar-refractivity contribution >= 4 is 25.5 Å². The molecule has 0 atom stereocenters. The van der Waals surface area contributed by atoms with E-state index in [4.69, 9.17) is 0 Å². The fraction of sp³-hybridized carbons (Fsp3) is 0.167. The normalized spacial score (nSPS) is 12.3. The average Bonchev–Trinajstić information content (AvgIpc) is 2.89. The predicted octanol–water partition coefficient (Wildman–Crippen LogP) is 5.85. The molecule has 0 radical (unpaired) electrons. The molecular formula is C30H28O5S2. The Morgan fingerprint density at radius 1 is 0.622 bits per heavy atom. The highest BCUT2D eigenvalue weighted by atomic mass is 32.2. The monoisotopic (exact) mass is 532 g/mol. The van der Waals surface area contributed by atoms with E-state index in [0.717, 1.165) is 5.56 Å². The van der Waals surface area contributed by atoms with Gasteiger partial charge in [0, 0.05) is 11.1 Å². The molecule has 0 bridgehead atoms. The molecule has 0 spiro atoms. The van der Waals surface area contributed by atoms with Gasteiger partial charge in [-0.15, -0.1) is 0 Å². The van der Waals surface area contributed by atoms with Crippen LogP contribution in [0.1, 0.15) is 40.9 Å². The number of benzene rings is 4. The molecule has 37 heavy (non-hydrogen) atoms. The molecule has 0 N–H and O–H groups in total. The van der Waals surface area contributed by atoms with E-state index in [1.165, 1.54) is 36.4 Å². The Labute approximate surface area is 218 Å². The molecule has 4 aromatic carbocycles. The van der Waals surface area contributed by atoms with Gasteiger partial charge in [-0.25, -0.2) is 16.8 Å². The highest BCUT2D eigenvalue weighted by molar-refractivity contribution is 7.92. The van der Waals surface area contributed by atoms with E-state index in [2.05, 4.69) is 0 Å². The summed E-state index contributed by atoms with van der Waals surface area (Å²) in [7, 11) is -7.42. The van der Waals surface area contributed by atoms with Crippen LogP contribution in [-0.2, 0) is 26.1 Å². The minimum Gasteiger partial charge on any atom is -0.289 e. The molecule has 0 saturated carbocycles. The third-order valence-electron chi connectivity index (χ3n) is 6.39. The molecular weight excluding hydrogens is 504 g/mol. The van der Waals surface area contributed by atoms with E-state index >= 15 is 0 Å². The first-order valence-corrected chi connectivity index (χ1v) is 14.7. The van der Waals surface area contributed by atoms with Gasteiger partial charge in [-0.3, -0.25) is 4.79 Å². The van der Waals surface area contributed by atoms with Crippen molar-refractivity contribution in [3.63, 3.8) is 0 Å². The summed E-state index contributed by atoms with van der Waals surface area (Å²) in [5.41, 5.74) is 2.62. The number of ketones is 1. The summed E-state index contributed by atoms with van der Waals surface area (Å²) in [5.74, 6) is -0.183. The lowest BCUT2D eigenvalue weighted by molar-refractivity contribution is 0.103. The summed E-state index contributed by atoms with van der Waals surface area (Å²) >= 11 is 0. The van der Waals surface area contributed by atoms with Crippen molar-refractivity contribution in [2.75, 3.05) is 0 Å². The average molecular weight is 533 g/mol. The number of hydrogen-bond acceptors (Lipinski definition) is 5. The molecule has 0 aliphatic rings. The van der Waals surface area contributed by atoms with E-state index in [9.17, 15) is 21.6 Å². The van der Waals surface area contributed by atoms with Crippen LogP contribution in [0.3, 0.4) is 0 Å². The van der Waals surface area contributed by atoms with E-state index in [1.807, 2.05) is 13.0 Å². The van der Waals surface area contributed by atoms with Crippen LogP contribution < -0.4 is 0 Å². The van der Waals surface area contributed by atoms with Crippen LogP contribution in [-0.4, -0.2) is 27.4 Å². The van der Waals surface area contributed by atoms with Crippen LogP contribution in [0.4, 0.5) is 0 Å². The number of carbonyl (C=O) groups is 1. The van der Waals surface area contributed by atoms with Gasteiger partial charge in [0.25, 0.3) is 0 Å². The Morgan fingerprint density at radius 3 is 1.62 bits per heavy atom. The molecule has 4 rings (SSSR count). The molecule has 5 nitrogen and oxygen atoms in total. The van der Waals surface area contributed by atoms with E-state index < -0.39 is 24.4 Å².